The largest absolute Gasteiger partial charge is 0.368 e. The van der Waals surface area contributed by atoms with E-state index in [4.69, 9.17) is 11.5 Å². The van der Waals surface area contributed by atoms with Crippen LogP contribution >= 0.6 is 0 Å². The van der Waals surface area contributed by atoms with Crippen LogP contribution in [0.15, 0.2) is 0 Å². The van der Waals surface area contributed by atoms with Crippen molar-refractivity contribution < 1.29 is 4.79 Å². The van der Waals surface area contributed by atoms with Crippen molar-refractivity contribution in [3.63, 3.8) is 0 Å². The highest BCUT2D eigenvalue weighted by atomic mass is 16.1. The van der Waals surface area contributed by atoms with Crippen LogP contribution in [0.1, 0.15) is 20.8 Å². The molecule has 0 aromatic heterocycles. The van der Waals surface area contributed by atoms with E-state index in [9.17, 15) is 4.79 Å². The average Bonchev–Trinajstić information content (AvgIpc) is 2.02. The SMILES string of the molecule is CC(C)C(C)N(C)CC(N)C(N)=O. The molecule has 78 valence electrons. The van der Waals surface area contributed by atoms with Gasteiger partial charge in [-0.05, 0) is 19.9 Å². The van der Waals surface area contributed by atoms with Crippen molar-refractivity contribution in [2.75, 3.05) is 13.6 Å². The number of nitrogens with zero attached hydrogens (tertiary/aromatic N) is 1. The highest BCUT2D eigenvalue weighted by Gasteiger charge is 2.18. The number of rotatable bonds is 5. The summed E-state index contributed by atoms with van der Waals surface area (Å²) in [7, 11) is 1.95. The van der Waals surface area contributed by atoms with Gasteiger partial charge in [-0.1, -0.05) is 13.8 Å². The van der Waals surface area contributed by atoms with Crippen LogP contribution in [-0.2, 0) is 4.79 Å². The molecule has 0 saturated heterocycles. The molecule has 4 N–H and O–H groups in total. The number of primary amides is 1. The van der Waals surface area contributed by atoms with Crippen LogP contribution in [0.4, 0.5) is 0 Å². The summed E-state index contributed by atoms with van der Waals surface area (Å²) in [5, 5.41) is 0. The summed E-state index contributed by atoms with van der Waals surface area (Å²) in [6.45, 7) is 6.90. The zero-order valence-electron chi connectivity index (χ0n) is 8.95. The predicted molar refractivity (Wildman–Crippen MR) is 54.1 cm³/mol. The second-order valence-corrected chi connectivity index (χ2v) is 3.93. The van der Waals surface area contributed by atoms with Crippen LogP contribution < -0.4 is 11.5 Å². The second-order valence-electron chi connectivity index (χ2n) is 3.93. The Kier molecular flexibility index (Phi) is 4.95. The zero-order valence-corrected chi connectivity index (χ0v) is 8.95. The molecule has 0 aromatic carbocycles. The van der Waals surface area contributed by atoms with E-state index in [1.807, 2.05) is 7.05 Å². The lowest BCUT2D eigenvalue weighted by atomic mass is 10.0. The summed E-state index contributed by atoms with van der Waals surface area (Å²) in [5.41, 5.74) is 10.6. The fourth-order valence-corrected chi connectivity index (χ4v) is 1.08. The van der Waals surface area contributed by atoms with Gasteiger partial charge in [-0.3, -0.25) is 4.79 Å². The maximum atomic E-state index is 10.7. The zero-order chi connectivity index (χ0) is 10.6. The highest BCUT2D eigenvalue weighted by Crippen LogP contribution is 2.07. The maximum absolute atomic E-state index is 10.7. The molecule has 0 radical (unpaired) electrons. The fourth-order valence-electron chi connectivity index (χ4n) is 1.08. The molecule has 0 spiro atoms. The van der Waals surface area contributed by atoms with Crippen molar-refractivity contribution in [2.45, 2.75) is 32.9 Å². The third-order valence-corrected chi connectivity index (χ3v) is 2.51. The summed E-state index contributed by atoms with van der Waals surface area (Å²) in [4.78, 5) is 12.8. The van der Waals surface area contributed by atoms with Gasteiger partial charge in [0.15, 0.2) is 0 Å². The number of hydrogen-bond donors (Lipinski definition) is 2. The minimum atomic E-state index is -0.564. The Bertz CT molecular complexity index is 170. The van der Waals surface area contributed by atoms with Crippen molar-refractivity contribution >= 4 is 5.91 Å². The minimum Gasteiger partial charge on any atom is -0.368 e. The Hall–Kier alpha value is -0.610. The molecule has 0 aliphatic carbocycles. The van der Waals surface area contributed by atoms with Gasteiger partial charge < -0.3 is 16.4 Å². The van der Waals surface area contributed by atoms with Gasteiger partial charge in [0.2, 0.25) is 5.91 Å². The number of hydrogen-bond acceptors (Lipinski definition) is 3. The van der Waals surface area contributed by atoms with Gasteiger partial charge in [-0.15, -0.1) is 0 Å². The average molecular weight is 187 g/mol. The third kappa shape index (κ3) is 4.24. The molecule has 0 rings (SSSR count). The molecule has 0 aromatic rings. The Labute approximate surface area is 80.3 Å². The van der Waals surface area contributed by atoms with E-state index in [1.54, 1.807) is 0 Å². The molecule has 4 heteroatoms. The van der Waals surface area contributed by atoms with Crippen LogP contribution in [0.3, 0.4) is 0 Å². The van der Waals surface area contributed by atoms with Gasteiger partial charge >= 0.3 is 0 Å². The molecule has 0 aliphatic rings. The molecule has 2 atom stereocenters. The number of likely N-dealkylation sites (N-methyl/N-ethyl adjacent to an activating group) is 1. The normalized spacial score (nSPS) is 16.2. The Morgan fingerprint density at radius 2 is 1.85 bits per heavy atom. The van der Waals surface area contributed by atoms with E-state index in [1.165, 1.54) is 0 Å². The number of nitrogens with two attached hydrogens (primary N) is 2. The minimum absolute atomic E-state index is 0.408. The number of carbonyl (C=O) groups is 1. The summed E-state index contributed by atoms with van der Waals surface area (Å²) in [6, 6.07) is -0.156. The summed E-state index contributed by atoms with van der Waals surface area (Å²) < 4.78 is 0. The molecular weight excluding hydrogens is 166 g/mol. The first-order chi connectivity index (χ1) is 5.86. The van der Waals surface area contributed by atoms with E-state index in [-0.39, 0.29) is 0 Å². The molecule has 1 amide bonds. The van der Waals surface area contributed by atoms with E-state index < -0.39 is 11.9 Å². The Balaban J connectivity index is 3.99. The van der Waals surface area contributed by atoms with E-state index in [0.29, 0.717) is 18.5 Å². The van der Waals surface area contributed by atoms with Gasteiger partial charge in [0.1, 0.15) is 0 Å². The van der Waals surface area contributed by atoms with Crippen molar-refractivity contribution in [2.24, 2.45) is 17.4 Å². The molecule has 0 saturated carbocycles. The van der Waals surface area contributed by atoms with Gasteiger partial charge in [-0.25, -0.2) is 0 Å². The molecule has 0 aliphatic heterocycles. The van der Waals surface area contributed by atoms with Crippen molar-refractivity contribution in [3.05, 3.63) is 0 Å². The van der Waals surface area contributed by atoms with Gasteiger partial charge in [0.25, 0.3) is 0 Å². The number of carbonyl (C=O) groups excluding carboxylic acids is 1. The lowest BCUT2D eigenvalue weighted by molar-refractivity contribution is -0.119. The first kappa shape index (κ1) is 12.4. The smallest absolute Gasteiger partial charge is 0.235 e. The third-order valence-electron chi connectivity index (χ3n) is 2.51. The topological polar surface area (TPSA) is 72.3 Å². The van der Waals surface area contributed by atoms with E-state index in [0.717, 1.165) is 0 Å². The van der Waals surface area contributed by atoms with Crippen molar-refractivity contribution in [1.82, 2.24) is 4.90 Å². The highest BCUT2D eigenvalue weighted by molar-refractivity contribution is 5.79. The lowest BCUT2D eigenvalue weighted by Crippen LogP contribution is -2.48. The Morgan fingerprint density at radius 3 is 2.15 bits per heavy atom. The van der Waals surface area contributed by atoms with Crippen molar-refractivity contribution in [3.8, 4) is 0 Å². The van der Waals surface area contributed by atoms with E-state index >= 15 is 0 Å². The maximum Gasteiger partial charge on any atom is 0.235 e. The molecular formula is C9H21N3O. The van der Waals surface area contributed by atoms with Crippen LogP contribution in [0.25, 0.3) is 0 Å². The summed E-state index contributed by atoms with van der Waals surface area (Å²) >= 11 is 0. The monoisotopic (exact) mass is 187 g/mol. The van der Waals surface area contributed by atoms with Gasteiger partial charge in [0, 0.05) is 12.6 Å². The first-order valence-corrected chi connectivity index (χ1v) is 4.61. The van der Waals surface area contributed by atoms with E-state index in [2.05, 4.69) is 25.7 Å². The molecule has 4 nitrogen and oxygen atoms in total. The molecule has 0 fully saturated rings. The molecule has 0 heterocycles. The van der Waals surface area contributed by atoms with Crippen LogP contribution in [0.5, 0.6) is 0 Å². The van der Waals surface area contributed by atoms with Gasteiger partial charge in [0.05, 0.1) is 6.04 Å². The summed E-state index contributed by atoms with van der Waals surface area (Å²) in [6.07, 6.45) is 0. The van der Waals surface area contributed by atoms with Crippen LogP contribution in [-0.4, -0.2) is 36.5 Å². The lowest BCUT2D eigenvalue weighted by Gasteiger charge is -2.29. The second kappa shape index (κ2) is 5.19. The van der Waals surface area contributed by atoms with Crippen LogP contribution in [0, 0.1) is 5.92 Å². The van der Waals surface area contributed by atoms with Crippen LogP contribution in [0.2, 0.25) is 0 Å². The quantitative estimate of drug-likeness (QED) is 0.625. The predicted octanol–water partition coefficient (Wildman–Crippen LogP) is -0.225. The van der Waals surface area contributed by atoms with Crippen molar-refractivity contribution in [1.29, 1.82) is 0 Å². The molecule has 13 heavy (non-hydrogen) atoms. The van der Waals surface area contributed by atoms with Gasteiger partial charge in [-0.2, -0.15) is 0 Å². The fraction of sp³-hybridized carbons (Fsp3) is 0.889. The number of amides is 1. The Morgan fingerprint density at radius 1 is 1.38 bits per heavy atom. The standard InChI is InChI=1S/C9H21N3O/c1-6(2)7(3)12(4)5-8(10)9(11)13/h6-8H,5,10H2,1-4H3,(H2,11,13). The molecule has 0 bridgehead atoms. The molecule has 2 unspecified atom stereocenters. The first-order valence-electron chi connectivity index (χ1n) is 4.61. The summed E-state index contributed by atoms with van der Waals surface area (Å²) in [5.74, 6) is 0.105.